The molecule has 0 unspecified atom stereocenters. The van der Waals surface area contributed by atoms with Crippen LogP contribution >= 0.6 is 0 Å². The molecule has 2 saturated heterocycles. The van der Waals surface area contributed by atoms with E-state index in [1.165, 1.54) is 6.42 Å². The van der Waals surface area contributed by atoms with Crippen molar-refractivity contribution in [2.24, 2.45) is 0 Å². The van der Waals surface area contributed by atoms with Crippen molar-refractivity contribution in [1.29, 1.82) is 0 Å². The number of rotatable bonds is 2. The van der Waals surface area contributed by atoms with Crippen LogP contribution in [0.1, 0.15) is 29.8 Å². The predicted molar refractivity (Wildman–Crippen MR) is 102 cm³/mol. The van der Waals surface area contributed by atoms with Crippen molar-refractivity contribution >= 4 is 11.9 Å². The highest BCUT2D eigenvalue weighted by Crippen LogP contribution is 2.16. The summed E-state index contributed by atoms with van der Waals surface area (Å²) >= 11 is 0. The molecule has 3 amide bonds. The Morgan fingerprint density at radius 2 is 1.41 bits per heavy atom. The van der Waals surface area contributed by atoms with E-state index in [0.29, 0.717) is 31.9 Å². The number of nitrogens with zero attached hydrogens (tertiary/aromatic N) is 5. The van der Waals surface area contributed by atoms with E-state index in [9.17, 15) is 9.59 Å². The minimum atomic E-state index is -0.0403. The number of hydrogen-bond donors (Lipinski definition) is 0. The van der Waals surface area contributed by atoms with Gasteiger partial charge in [-0.25, -0.2) is 9.78 Å². The summed E-state index contributed by atoms with van der Waals surface area (Å²) in [5.74, 6) is -0.0403. The molecule has 3 heterocycles. The highest BCUT2D eigenvalue weighted by Gasteiger charge is 2.29. The summed E-state index contributed by atoms with van der Waals surface area (Å²) in [4.78, 5) is 35.4. The number of aromatic nitrogens is 2. The standard InChI is InChI=1S/C20H25N5O2/c26-19(18-15-21-16-25(18)17-7-3-1-4-8-17)22-11-13-24(14-12-22)20(27)23-9-5-2-6-10-23/h1,3-4,7-8,15-16H,2,5-6,9-14H2. The van der Waals surface area contributed by atoms with Gasteiger partial charge in [0.25, 0.3) is 5.91 Å². The van der Waals surface area contributed by atoms with Crippen molar-refractivity contribution in [2.75, 3.05) is 39.3 Å². The van der Waals surface area contributed by atoms with Gasteiger partial charge in [0.15, 0.2) is 0 Å². The van der Waals surface area contributed by atoms with Crippen molar-refractivity contribution < 1.29 is 9.59 Å². The molecule has 0 bridgehead atoms. The summed E-state index contributed by atoms with van der Waals surface area (Å²) in [6.45, 7) is 3.99. The van der Waals surface area contributed by atoms with Crippen molar-refractivity contribution in [1.82, 2.24) is 24.3 Å². The largest absolute Gasteiger partial charge is 0.334 e. The van der Waals surface area contributed by atoms with E-state index < -0.39 is 0 Å². The lowest BCUT2D eigenvalue weighted by atomic mass is 10.1. The van der Waals surface area contributed by atoms with Gasteiger partial charge in [-0.2, -0.15) is 0 Å². The SMILES string of the molecule is O=C(c1cncn1-c1ccccc1)N1CCN(C(=O)N2CCCCC2)CC1. The Morgan fingerprint density at radius 3 is 2.11 bits per heavy atom. The van der Waals surface area contributed by atoms with E-state index in [-0.39, 0.29) is 11.9 Å². The number of urea groups is 1. The number of imidazole rings is 1. The molecule has 0 N–H and O–H groups in total. The van der Waals surface area contributed by atoms with Crippen molar-refractivity contribution in [3.8, 4) is 5.69 Å². The third-order valence-electron chi connectivity index (χ3n) is 5.36. The van der Waals surface area contributed by atoms with Gasteiger partial charge in [0.2, 0.25) is 0 Å². The zero-order valence-corrected chi connectivity index (χ0v) is 15.5. The van der Waals surface area contributed by atoms with Gasteiger partial charge in [0.05, 0.1) is 12.5 Å². The molecule has 2 fully saturated rings. The van der Waals surface area contributed by atoms with Crippen LogP contribution in [0.2, 0.25) is 0 Å². The van der Waals surface area contributed by atoms with E-state index in [4.69, 9.17) is 0 Å². The van der Waals surface area contributed by atoms with Gasteiger partial charge >= 0.3 is 6.03 Å². The van der Waals surface area contributed by atoms with Crippen LogP contribution < -0.4 is 0 Å². The van der Waals surface area contributed by atoms with Crippen LogP contribution in [0.15, 0.2) is 42.9 Å². The Bertz CT molecular complexity index is 790. The molecule has 2 aromatic rings. The van der Waals surface area contributed by atoms with Crippen LogP contribution in [0.25, 0.3) is 5.69 Å². The van der Waals surface area contributed by atoms with Crippen LogP contribution in [-0.4, -0.2) is 75.5 Å². The topological polar surface area (TPSA) is 61.7 Å². The van der Waals surface area contributed by atoms with Gasteiger partial charge in [-0.15, -0.1) is 0 Å². The van der Waals surface area contributed by atoms with Crippen molar-refractivity contribution in [3.63, 3.8) is 0 Å². The maximum Gasteiger partial charge on any atom is 0.320 e. The first-order chi connectivity index (χ1) is 13.2. The molecule has 1 aromatic carbocycles. The maximum absolute atomic E-state index is 13.0. The molecular formula is C20H25N5O2. The van der Waals surface area contributed by atoms with Gasteiger partial charge in [0.1, 0.15) is 5.69 Å². The zero-order chi connectivity index (χ0) is 18.6. The Balaban J connectivity index is 1.40. The van der Waals surface area contributed by atoms with E-state index in [1.807, 2.05) is 49.6 Å². The highest BCUT2D eigenvalue weighted by molar-refractivity contribution is 5.93. The number of hydrogen-bond acceptors (Lipinski definition) is 3. The molecule has 0 atom stereocenters. The minimum absolute atomic E-state index is 0.0403. The third-order valence-corrected chi connectivity index (χ3v) is 5.36. The number of para-hydroxylation sites is 1. The first-order valence-electron chi connectivity index (χ1n) is 9.65. The molecule has 0 aliphatic carbocycles. The summed E-state index contributed by atoms with van der Waals surface area (Å²) in [6, 6.07) is 9.85. The lowest BCUT2D eigenvalue weighted by Gasteiger charge is -2.38. The smallest absolute Gasteiger partial charge is 0.320 e. The number of carbonyl (C=O) groups excluding carboxylic acids is 2. The third kappa shape index (κ3) is 3.67. The first-order valence-corrected chi connectivity index (χ1v) is 9.65. The van der Waals surface area contributed by atoms with Gasteiger partial charge in [0, 0.05) is 45.0 Å². The average molecular weight is 367 g/mol. The van der Waals surface area contributed by atoms with Crippen molar-refractivity contribution in [2.45, 2.75) is 19.3 Å². The molecule has 4 rings (SSSR count). The molecule has 0 spiro atoms. The van der Waals surface area contributed by atoms with Gasteiger partial charge < -0.3 is 14.7 Å². The second-order valence-electron chi connectivity index (χ2n) is 7.09. The average Bonchev–Trinajstić information content (AvgIpc) is 3.24. The monoisotopic (exact) mass is 367 g/mol. The van der Waals surface area contributed by atoms with Crippen molar-refractivity contribution in [3.05, 3.63) is 48.5 Å². The van der Waals surface area contributed by atoms with Crippen LogP contribution in [0, 0.1) is 0 Å². The second kappa shape index (κ2) is 7.82. The molecule has 27 heavy (non-hydrogen) atoms. The molecule has 1 aromatic heterocycles. The number of amides is 3. The summed E-state index contributed by atoms with van der Waals surface area (Å²) < 4.78 is 1.81. The van der Waals surface area contributed by atoms with E-state index in [2.05, 4.69) is 4.98 Å². The molecule has 7 nitrogen and oxygen atoms in total. The molecule has 142 valence electrons. The van der Waals surface area contributed by atoms with Crippen LogP contribution in [0.4, 0.5) is 4.79 Å². The summed E-state index contributed by atoms with van der Waals surface area (Å²) in [5.41, 5.74) is 1.47. The number of benzene rings is 1. The van der Waals surface area contributed by atoms with E-state index >= 15 is 0 Å². The fraction of sp³-hybridized carbons (Fsp3) is 0.450. The highest BCUT2D eigenvalue weighted by atomic mass is 16.2. The Labute approximate surface area is 159 Å². The molecule has 2 aliphatic heterocycles. The zero-order valence-electron chi connectivity index (χ0n) is 15.5. The Hall–Kier alpha value is -2.83. The maximum atomic E-state index is 13.0. The van der Waals surface area contributed by atoms with Crippen LogP contribution in [-0.2, 0) is 0 Å². The second-order valence-corrected chi connectivity index (χ2v) is 7.09. The summed E-state index contributed by atoms with van der Waals surface area (Å²) in [6.07, 6.45) is 6.67. The minimum Gasteiger partial charge on any atom is -0.334 e. The molecule has 7 heteroatoms. The molecule has 0 radical (unpaired) electrons. The summed E-state index contributed by atoms with van der Waals surface area (Å²) in [5, 5.41) is 0. The lowest BCUT2D eigenvalue weighted by Crippen LogP contribution is -2.54. The molecular weight excluding hydrogens is 342 g/mol. The number of piperidine rings is 1. The fourth-order valence-corrected chi connectivity index (χ4v) is 3.80. The lowest BCUT2D eigenvalue weighted by molar-refractivity contribution is 0.0625. The van der Waals surface area contributed by atoms with Crippen LogP contribution in [0.5, 0.6) is 0 Å². The molecule has 2 aliphatic rings. The van der Waals surface area contributed by atoms with E-state index in [0.717, 1.165) is 31.6 Å². The molecule has 0 saturated carbocycles. The van der Waals surface area contributed by atoms with Crippen LogP contribution in [0.3, 0.4) is 0 Å². The van der Waals surface area contributed by atoms with Gasteiger partial charge in [-0.3, -0.25) is 9.36 Å². The number of carbonyl (C=O) groups is 2. The van der Waals surface area contributed by atoms with Gasteiger partial charge in [-0.05, 0) is 31.4 Å². The quantitative estimate of drug-likeness (QED) is 0.818. The summed E-state index contributed by atoms with van der Waals surface area (Å²) in [7, 11) is 0. The Kier molecular flexibility index (Phi) is 5.09. The Morgan fingerprint density at radius 1 is 0.778 bits per heavy atom. The predicted octanol–water partition coefficient (Wildman–Crippen LogP) is 2.24. The first kappa shape index (κ1) is 17.6. The fourth-order valence-electron chi connectivity index (χ4n) is 3.80. The number of piperazine rings is 1. The normalized spacial score (nSPS) is 17.9. The van der Waals surface area contributed by atoms with Gasteiger partial charge in [-0.1, -0.05) is 18.2 Å². The number of likely N-dealkylation sites (tertiary alicyclic amines) is 1. The van der Waals surface area contributed by atoms with E-state index in [1.54, 1.807) is 12.5 Å².